The Kier molecular flexibility index (Phi) is 10.3. The molecule has 4 N–H and O–H groups in total. The molecule has 6 atom stereocenters. The fourth-order valence-corrected chi connectivity index (χ4v) is 5.05. The lowest BCUT2D eigenvalue weighted by Crippen LogP contribution is -2.46. The van der Waals surface area contributed by atoms with Crippen molar-refractivity contribution in [3.05, 3.63) is 101 Å². The first-order chi connectivity index (χ1) is 19.3. The lowest BCUT2D eigenvalue weighted by atomic mass is 9.89. The van der Waals surface area contributed by atoms with E-state index in [4.69, 9.17) is 9.47 Å². The summed E-state index contributed by atoms with van der Waals surface area (Å²) in [5.74, 6) is -0.00335. The zero-order valence-corrected chi connectivity index (χ0v) is 23.7. The minimum Gasteiger partial charge on any atom is -0.392 e. The van der Waals surface area contributed by atoms with Crippen LogP contribution in [0.2, 0.25) is 0 Å². The number of nitrogens with zero attached hydrogens (tertiary/aromatic N) is 1. The highest BCUT2D eigenvalue weighted by Gasteiger charge is 2.39. The fourth-order valence-electron chi connectivity index (χ4n) is 5.05. The molecular formula is C32H41N3O5. The topological polar surface area (TPSA) is 103 Å². The van der Waals surface area contributed by atoms with Crippen LogP contribution < -0.4 is 10.6 Å². The predicted molar refractivity (Wildman–Crippen MR) is 156 cm³/mol. The molecule has 1 heterocycles. The van der Waals surface area contributed by atoms with Crippen LogP contribution in [0.5, 0.6) is 0 Å². The van der Waals surface area contributed by atoms with Crippen LogP contribution in [0.3, 0.4) is 0 Å². The quantitative estimate of drug-likeness (QED) is 0.279. The third-order valence-electron chi connectivity index (χ3n) is 7.64. The largest absolute Gasteiger partial charge is 0.392 e. The van der Waals surface area contributed by atoms with Gasteiger partial charge in [-0.05, 0) is 49.7 Å². The van der Waals surface area contributed by atoms with Crippen molar-refractivity contribution < 1.29 is 24.5 Å². The van der Waals surface area contributed by atoms with Gasteiger partial charge in [-0.1, -0.05) is 73.7 Å². The summed E-state index contributed by atoms with van der Waals surface area (Å²) in [5.41, 5.74) is 4.15. The predicted octanol–water partition coefficient (Wildman–Crippen LogP) is 5.17. The third kappa shape index (κ3) is 7.27. The van der Waals surface area contributed by atoms with Gasteiger partial charge in [0.15, 0.2) is 6.29 Å². The molecule has 0 unspecified atom stereocenters. The molecule has 0 radical (unpaired) electrons. The van der Waals surface area contributed by atoms with Crippen LogP contribution in [0.15, 0.2) is 78.9 Å². The lowest BCUT2D eigenvalue weighted by molar-refractivity contribution is -0.276. The second kappa shape index (κ2) is 13.9. The number of benzene rings is 3. The molecule has 1 aliphatic heterocycles. The van der Waals surface area contributed by atoms with E-state index < -0.39 is 12.4 Å². The molecule has 3 aromatic carbocycles. The molecule has 0 aromatic heterocycles. The fraction of sp³-hybridized carbons (Fsp3) is 0.406. The molecule has 0 spiro atoms. The van der Waals surface area contributed by atoms with Crippen molar-refractivity contribution in [1.29, 1.82) is 0 Å². The molecule has 40 heavy (non-hydrogen) atoms. The molecule has 1 aliphatic rings. The van der Waals surface area contributed by atoms with Crippen LogP contribution >= 0.6 is 0 Å². The molecule has 0 saturated carbocycles. The van der Waals surface area contributed by atoms with Crippen LogP contribution in [0.1, 0.15) is 61.5 Å². The Balaban J connectivity index is 1.58. The lowest BCUT2D eigenvalue weighted by Gasteiger charge is -2.43. The number of carbonyl (C=O) groups is 1. The van der Waals surface area contributed by atoms with Gasteiger partial charge in [-0.25, -0.2) is 4.79 Å². The number of hydrogen-bond donors (Lipinski definition) is 4. The minimum absolute atomic E-state index is 0.00335. The maximum absolute atomic E-state index is 12.1. The van der Waals surface area contributed by atoms with E-state index in [1.165, 1.54) is 0 Å². The van der Waals surface area contributed by atoms with Gasteiger partial charge in [0.1, 0.15) is 0 Å². The summed E-state index contributed by atoms with van der Waals surface area (Å²) in [5, 5.41) is 26.1. The van der Waals surface area contributed by atoms with Gasteiger partial charge >= 0.3 is 6.03 Å². The molecule has 8 heteroatoms. The number of aliphatic hydroxyl groups excluding tert-OH is 2. The summed E-state index contributed by atoms with van der Waals surface area (Å²) in [7, 11) is 2.00. The third-order valence-corrected chi connectivity index (χ3v) is 7.64. The van der Waals surface area contributed by atoms with Crippen LogP contribution in [-0.2, 0) is 16.1 Å². The molecule has 1 fully saturated rings. The van der Waals surface area contributed by atoms with Gasteiger partial charge in [0.25, 0.3) is 0 Å². The van der Waals surface area contributed by atoms with Crippen LogP contribution in [0, 0.1) is 5.92 Å². The number of aliphatic hydroxyl groups is 2. The Labute approximate surface area is 236 Å². The molecule has 1 saturated heterocycles. The van der Waals surface area contributed by atoms with Crippen molar-refractivity contribution in [3.8, 4) is 0 Å². The van der Waals surface area contributed by atoms with Gasteiger partial charge in [-0.15, -0.1) is 0 Å². The molecule has 214 valence electrons. The van der Waals surface area contributed by atoms with Gasteiger partial charge < -0.3 is 30.3 Å². The highest BCUT2D eigenvalue weighted by molar-refractivity contribution is 5.89. The Bertz CT molecular complexity index is 1220. The number of amides is 2. The van der Waals surface area contributed by atoms with Crippen molar-refractivity contribution in [1.82, 2.24) is 10.2 Å². The second-order valence-corrected chi connectivity index (χ2v) is 10.5. The second-order valence-electron chi connectivity index (χ2n) is 10.5. The standard InChI is InChI=1S/C32H41N3O5/c1-5-33-32(38)34-27-13-9-12-26(18-27)31-39-28(19-35(4)22(3)29(37)24-10-7-6-8-11-24)21(2)30(40-31)25-16-14-23(20-36)15-17-25/h6-18,21-22,28-31,36-37H,5,19-20H2,1-4H3,(H2,33,34,38)/t21-,22-,28+,29-,30+,31+/m1/s1. The first-order valence-electron chi connectivity index (χ1n) is 13.9. The van der Waals surface area contributed by atoms with E-state index in [-0.39, 0.29) is 36.8 Å². The van der Waals surface area contributed by atoms with E-state index in [9.17, 15) is 15.0 Å². The van der Waals surface area contributed by atoms with Crippen molar-refractivity contribution in [2.24, 2.45) is 5.92 Å². The number of anilines is 1. The van der Waals surface area contributed by atoms with E-state index >= 15 is 0 Å². The number of carbonyl (C=O) groups excluding carboxylic acids is 1. The normalized spacial score (nSPS) is 22.5. The smallest absolute Gasteiger partial charge is 0.319 e. The number of urea groups is 1. The van der Waals surface area contributed by atoms with E-state index in [1.54, 1.807) is 0 Å². The van der Waals surface area contributed by atoms with Crippen molar-refractivity contribution >= 4 is 11.7 Å². The van der Waals surface area contributed by atoms with Gasteiger partial charge in [-0.2, -0.15) is 0 Å². The van der Waals surface area contributed by atoms with Crippen molar-refractivity contribution in [2.75, 3.05) is 25.5 Å². The average molecular weight is 548 g/mol. The van der Waals surface area contributed by atoms with Gasteiger partial charge in [0.2, 0.25) is 0 Å². The summed E-state index contributed by atoms with van der Waals surface area (Å²) in [6.07, 6.45) is -1.78. The summed E-state index contributed by atoms with van der Waals surface area (Å²) in [4.78, 5) is 14.2. The zero-order chi connectivity index (χ0) is 28.6. The Morgan fingerprint density at radius 3 is 2.40 bits per heavy atom. The molecule has 0 bridgehead atoms. The highest BCUT2D eigenvalue weighted by atomic mass is 16.7. The Morgan fingerprint density at radius 2 is 1.73 bits per heavy atom. The van der Waals surface area contributed by atoms with Crippen LogP contribution in [-0.4, -0.2) is 53.4 Å². The van der Waals surface area contributed by atoms with Crippen molar-refractivity contribution in [2.45, 2.75) is 58.0 Å². The number of rotatable bonds is 10. The molecule has 8 nitrogen and oxygen atoms in total. The average Bonchev–Trinajstić information content (AvgIpc) is 2.98. The SMILES string of the molecule is CCNC(=O)Nc1cccc([C@H]2O[C@@H](CN(C)[C@H](C)[C@@H](O)c3ccccc3)[C@@H](C)[C@@H](c3ccc(CO)cc3)O2)c1. The van der Waals surface area contributed by atoms with E-state index in [0.29, 0.717) is 18.8 Å². The number of ether oxygens (including phenoxy) is 2. The summed E-state index contributed by atoms with van der Waals surface area (Å²) >= 11 is 0. The van der Waals surface area contributed by atoms with E-state index in [0.717, 1.165) is 22.3 Å². The van der Waals surface area contributed by atoms with Gasteiger partial charge in [0.05, 0.1) is 24.9 Å². The number of nitrogens with one attached hydrogen (secondary N) is 2. The first-order valence-corrected chi connectivity index (χ1v) is 13.9. The molecule has 4 rings (SSSR count). The zero-order valence-electron chi connectivity index (χ0n) is 23.7. The molecular weight excluding hydrogens is 506 g/mol. The van der Waals surface area contributed by atoms with Gasteiger partial charge in [0, 0.05) is 36.3 Å². The molecule has 2 amide bonds. The molecule has 3 aromatic rings. The maximum atomic E-state index is 12.1. The summed E-state index contributed by atoms with van der Waals surface area (Å²) in [6.45, 7) is 7.08. The summed E-state index contributed by atoms with van der Waals surface area (Å²) in [6, 6.07) is 24.5. The van der Waals surface area contributed by atoms with Crippen molar-refractivity contribution in [3.63, 3.8) is 0 Å². The number of likely N-dealkylation sites (N-methyl/N-ethyl adjacent to an activating group) is 1. The van der Waals surface area contributed by atoms with Crippen LogP contribution in [0.4, 0.5) is 10.5 Å². The Morgan fingerprint density at radius 1 is 1.00 bits per heavy atom. The summed E-state index contributed by atoms with van der Waals surface area (Å²) < 4.78 is 13.1. The minimum atomic E-state index is -0.664. The highest BCUT2D eigenvalue weighted by Crippen LogP contribution is 2.42. The monoisotopic (exact) mass is 547 g/mol. The van der Waals surface area contributed by atoms with Crippen LogP contribution in [0.25, 0.3) is 0 Å². The Hall–Kier alpha value is -3.27. The van der Waals surface area contributed by atoms with E-state index in [1.807, 2.05) is 99.8 Å². The molecule has 0 aliphatic carbocycles. The van der Waals surface area contributed by atoms with E-state index in [2.05, 4.69) is 22.5 Å². The number of hydrogen-bond acceptors (Lipinski definition) is 6. The van der Waals surface area contributed by atoms with Gasteiger partial charge in [-0.3, -0.25) is 4.90 Å². The maximum Gasteiger partial charge on any atom is 0.319 e. The first kappa shape index (κ1) is 29.7.